The summed E-state index contributed by atoms with van der Waals surface area (Å²) >= 11 is 0. The van der Waals surface area contributed by atoms with Gasteiger partial charge in [0.2, 0.25) is 0 Å². The quantitative estimate of drug-likeness (QED) is 0.551. The molecule has 0 atom stereocenters. The van der Waals surface area contributed by atoms with Gasteiger partial charge in [0, 0.05) is 44.4 Å². The first kappa shape index (κ1) is 13.2. The second-order valence-electron chi connectivity index (χ2n) is 4.51. The van der Waals surface area contributed by atoms with E-state index in [0.717, 1.165) is 18.8 Å². The molecule has 0 amide bonds. The lowest BCUT2D eigenvalue weighted by atomic mass is 9.93. The highest BCUT2D eigenvalue weighted by Gasteiger charge is 2.21. The predicted octanol–water partition coefficient (Wildman–Crippen LogP) is -0.457. The number of nitrogens with zero attached hydrogens (tertiary/aromatic N) is 2. The van der Waals surface area contributed by atoms with Crippen molar-refractivity contribution in [3.8, 4) is 0 Å². The third-order valence-electron chi connectivity index (χ3n) is 2.76. The number of aromatic nitrogens is 2. The molecule has 0 saturated heterocycles. The molecular weight excluding hydrogens is 206 g/mol. The minimum Gasteiger partial charge on any atom is -0.396 e. The van der Waals surface area contributed by atoms with E-state index in [1.54, 1.807) is 6.20 Å². The molecular formula is C11H21N3O2. The fourth-order valence-corrected chi connectivity index (χ4v) is 1.39. The largest absolute Gasteiger partial charge is 0.396 e. The maximum atomic E-state index is 9.10. The average Bonchev–Trinajstić information content (AvgIpc) is 2.70. The van der Waals surface area contributed by atoms with Crippen LogP contribution in [0.25, 0.3) is 0 Å². The van der Waals surface area contributed by atoms with Crippen LogP contribution >= 0.6 is 0 Å². The van der Waals surface area contributed by atoms with Gasteiger partial charge in [0.25, 0.3) is 0 Å². The molecule has 0 radical (unpaired) electrons. The summed E-state index contributed by atoms with van der Waals surface area (Å²) in [4.78, 5) is 4.21. The summed E-state index contributed by atoms with van der Waals surface area (Å²) in [5.41, 5.74) is -0.443. The lowest BCUT2D eigenvalue weighted by Crippen LogP contribution is -2.38. The molecule has 16 heavy (non-hydrogen) atoms. The first-order valence-corrected chi connectivity index (χ1v) is 5.50. The van der Waals surface area contributed by atoms with Crippen molar-refractivity contribution >= 4 is 0 Å². The lowest BCUT2D eigenvalue weighted by molar-refractivity contribution is 0.0700. The molecule has 0 fully saturated rings. The van der Waals surface area contributed by atoms with Crippen molar-refractivity contribution in [2.45, 2.75) is 13.3 Å². The molecule has 0 aromatic carbocycles. The van der Waals surface area contributed by atoms with Crippen LogP contribution in [-0.2, 0) is 13.5 Å². The van der Waals surface area contributed by atoms with E-state index in [9.17, 15) is 0 Å². The SMILES string of the molecule is Cn1ccnc1CCNCC(C)(CO)CO. The van der Waals surface area contributed by atoms with Gasteiger partial charge in [0.15, 0.2) is 0 Å². The van der Waals surface area contributed by atoms with Crippen LogP contribution in [0.2, 0.25) is 0 Å². The third-order valence-corrected chi connectivity index (χ3v) is 2.76. The van der Waals surface area contributed by atoms with Gasteiger partial charge in [0.1, 0.15) is 5.82 Å². The number of nitrogens with one attached hydrogen (secondary N) is 1. The molecule has 0 aliphatic heterocycles. The van der Waals surface area contributed by atoms with Crippen LogP contribution in [0.4, 0.5) is 0 Å². The Balaban J connectivity index is 2.24. The predicted molar refractivity (Wildman–Crippen MR) is 62.1 cm³/mol. The van der Waals surface area contributed by atoms with Crippen LogP contribution in [-0.4, -0.2) is 46.1 Å². The molecule has 0 spiro atoms. The summed E-state index contributed by atoms with van der Waals surface area (Å²) in [5, 5.41) is 21.4. The standard InChI is InChI=1S/C11H21N3O2/c1-11(8-15,9-16)7-12-4-3-10-13-5-6-14(10)2/h5-6,12,15-16H,3-4,7-9H2,1-2H3. The molecule has 0 bridgehead atoms. The molecule has 0 unspecified atom stereocenters. The van der Waals surface area contributed by atoms with Crippen molar-refractivity contribution in [2.24, 2.45) is 12.5 Å². The molecule has 1 rings (SSSR count). The molecule has 5 heteroatoms. The van der Waals surface area contributed by atoms with Gasteiger partial charge >= 0.3 is 0 Å². The summed E-state index contributed by atoms with van der Waals surface area (Å²) in [5.74, 6) is 1.03. The zero-order valence-electron chi connectivity index (χ0n) is 9.98. The van der Waals surface area contributed by atoms with E-state index >= 15 is 0 Å². The Kier molecular flexibility index (Phi) is 4.92. The minimum absolute atomic E-state index is 0.0150. The monoisotopic (exact) mass is 227 g/mol. The van der Waals surface area contributed by atoms with Crippen LogP contribution in [0.1, 0.15) is 12.7 Å². The topological polar surface area (TPSA) is 70.3 Å². The van der Waals surface area contributed by atoms with Crippen LogP contribution in [0.5, 0.6) is 0 Å². The summed E-state index contributed by atoms with van der Waals surface area (Å²) in [6, 6.07) is 0. The maximum Gasteiger partial charge on any atom is 0.109 e. The molecule has 0 aliphatic rings. The van der Waals surface area contributed by atoms with E-state index in [1.807, 2.05) is 24.7 Å². The fraction of sp³-hybridized carbons (Fsp3) is 0.727. The molecule has 0 saturated carbocycles. The lowest BCUT2D eigenvalue weighted by Gasteiger charge is -2.24. The Bertz CT molecular complexity index is 308. The number of hydrogen-bond acceptors (Lipinski definition) is 4. The number of aryl methyl sites for hydroxylation is 1. The van der Waals surface area contributed by atoms with E-state index < -0.39 is 5.41 Å². The van der Waals surface area contributed by atoms with Crippen molar-refractivity contribution in [1.29, 1.82) is 0 Å². The Morgan fingerprint density at radius 3 is 2.62 bits per heavy atom. The molecule has 1 aromatic heterocycles. The van der Waals surface area contributed by atoms with E-state index in [-0.39, 0.29) is 13.2 Å². The highest BCUT2D eigenvalue weighted by molar-refractivity contribution is 4.91. The van der Waals surface area contributed by atoms with Gasteiger partial charge in [-0.05, 0) is 0 Å². The smallest absolute Gasteiger partial charge is 0.109 e. The Hall–Kier alpha value is -0.910. The summed E-state index contributed by atoms with van der Waals surface area (Å²) < 4.78 is 1.99. The first-order valence-electron chi connectivity index (χ1n) is 5.50. The van der Waals surface area contributed by atoms with E-state index in [1.165, 1.54) is 0 Å². The Morgan fingerprint density at radius 2 is 2.12 bits per heavy atom. The van der Waals surface area contributed by atoms with Gasteiger partial charge in [-0.1, -0.05) is 6.92 Å². The fourth-order valence-electron chi connectivity index (χ4n) is 1.39. The van der Waals surface area contributed by atoms with Crippen LogP contribution in [0.15, 0.2) is 12.4 Å². The summed E-state index contributed by atoms with van der Waals surface area (Å²) in [6.45, 7) is 3.21. The Labute approximate surface area is 96.1 Å². The van der Waals surface area contributed by atoms with Crippen LogP contribution in [0.3, 0.4) is 0 Å². The van der Waals surface area contributed by atoms with Crippen molar-refractivity contribution in [1.82, 2.24) is 14.9 Å². The van der Waals surface area contributed by atoms with Gasteiger partial charge in [-0.25, -0.2) is 4.98 Å². The third kappa shape index (κ3) is 3.59. The molecule has 1 heterocycles. The number of imidazole rings is 1. The second-order valence-corrected chi connectivity index (χ2v) is 4.51. The Morgan fingerprint density at radius 1 is 1.44 bits per heavy atom. The maximum absolute atomic E-state index is 9.10. The van der Waals surface area contributed by atoms with Crippen molar-refractivity contribution in [3.63, 3.8) is 0 Å². The van der Waals surface area contributed by atoms with Crippen molar-refractivity contribution in [2.75, 3.05) is 26.3 Å². The molecule has 92 valence electrons. The molecule has 3 N–H and O–H groups in total. The van der Waals surface area contributed by atoms with Gasteiger partial charge in [-0.2, -0.15) is 0 Å². The number of hydrogen-bond donors (Lipinski definition) is 3. The van der Waals surface area contributed by atoms with Crippen LogP contribution < -0.4 is 5.32 Å². The van der Waals surface area contributed by atoms with Crippen molar-refractivity contribution < 1.29 is 10.2 Å². The highest BCUT2D eigenvalue weighted by atomic mass is 16.3. The van der Waals surface area contributed by atoms with Crippen LogP contribution in [0, 0.1) is 5.41 Å². The van der Waals surface area contributed by atoms with Gasteiger partial charge in [-0.15, -0.1) is 0 Å². The van der Waals surface area contributed by atoms with E-state index in [2.05, 4.69) is 10.3 Å². The summed E-state index contributed by atoms with van der Waals surface area (Å²) in [6.07, 6.45) is 4.54. The zero-order valence-corrected chi connectivity index (χ0v) is 9.98. The van der Waals surface area contributed by atoms with E-state index in [0.29, 0.717) is 6.54 Å². The number of rotatable bonds is 7. The molecule has 0 aliphatic carbocycles. The molecule has 1 aromatic rings. The normalized spacial score (nSPS) is 12.0. The van der Waals surface area contributed by atoms with E-state index in [4.69, 9.17) is 10.2 Å². The highest BCUT2D eigenvalue weighted by Crippen LogP contribution is 2.11. The number of aliphatic hydroxyl groups is 2. The molecule has 5 nitrogen and oxygen atoms in total. The summed E-state index contributed by atoms with van der Waals surface area (Å²) in [7, 11) is 1.97. The zero-order chi connectivity index (χ0) is 12.0. The van der Waals surface area contributed by atoms with Gasteiger partial charge < -0.3 is 20.1 Å². The second kappa shape index (κ2) is 5.98. The number of aliphatic hydroxyl groups excluding tert-OH is 2. The first-order chi connectivity index (χ1) is 7.61. The minimum atomic E-state index is -0.443. The van der Waals surface area contributed by atoms with Gasteiger partial charge in [-0.3, -0.25) is 0 Å². The van der Waals surface area contributed by atoms with Gasteiger partial charge in [0.05, 0.1) is 13.2 Å². The average molecular weight is 227 g/mol. The van der Waals surface area contributed by atoms with Crippen molar-refractivity contribution in [3.05, 3.63) is 18.2 Å².